The SMILES string of the molecule is CC=NCC(C)C(=Nc1c(C)cccc1Cl)Nc1cc(CCCN2CCCCC2)c(-c2ccc(CNCCCCN(C)C)cc2)cc1C. The molecule has 1 fully saturated rings. The maximum atomic E-state index is 6.65. The number of piperidine rings is 1. The normalized spacial score (nSPS) is 15.0. The van der Waals surface area contributed by atoms with E-state index < -0.39 is 0 Å². The average molecular weight is 671 g/mol. The second kappa shape index (κ2) is 19.8. The van der Waals surface area contributed by atoms with Gasteiger partial charge in [0.05, 0.1) is 10.7 Å². The summed E-state index contributed by atoms with van der Waals surface area (Å²) in [5, 5.41) is 8.05. The van der Waals surface area contributed by atoms with Gasteiger partial charge in [0.25, 0.3) is 0 Å². The third kappa shape index (κ3) is 11.8. The fraction of sp³-hybridized carbons (Fsp3) is 0.512. The highest BCUT2D eigenvalue weighted by Gasteiger charge is 2.17. The standard InChI is InChI=1S/C41H59ClN6/c1-7-43-29-33(4)41(46-40-31(2)15-13-17-38(40)42)45-39-28-36(16-14-26-48-24-10-8-11-25-48)37(27-32(39)3)35-20-18-34(19-21-35)30-44-22-9-12-23-47(5)6/h7,13,15,17-21,27-28,33,44H,8-12,14,16,22-26,29-30H2,1-6H3,(H,45,46). The predicted octanol–water partition coefficient (Wildman–Crippen LogP) is 9.34. The number of hydrogen-bond donors (Lipinski definition) is 2. The highest BCUT2D eigenvalue weighted by molar-refractivity contribution is 6.33. The Kier molecular flexibility index (Phi) is 15.6. The van der Waals surface area contributed by atoms with Gasteiger partial charge in [-0.2, -0.15) is 0 Å². The summed E-state index contributed by atoms with van der Waals surface area (Å²) in [5.74, 6) is 0.970. The monoisotopic (exact) mass is 670 g/mol. The van der Waals surface area contributed by atoms with E-state index in [0.717, 1.165) is 61.8 Å². The van der Waals surface area contributed by atoms with Crippen LogP contribution in [0.2, 0.25) is 5.02 Å². The number of aliphatic imine (C=N–C) groups is 2. The molecular formula is C41H59ClN6. The van der Waals surface area contributed by atoms with E-state index in [4.69, 9.17) is 16.6 Å². The van der Waals surface area contributed by atoms with Crippen molar-refractivity contribution in [3.8, 4) is 11.1 Å². The van der Waals surface area contributed by atoms with Crippen LogP contribution < -0.4 is 10.6 Å². The molecule has 0 radical (unpaired) electrons. The fourth-order valence-electron chi connectivity index (χ4n) is 6.39. The third-order valence-corrected chi connectivity index (χ3v) is 9.64. The van der Waals surface area contributed by atoms with E-state index in [1.165, 1.54) is 73.0 Å². The first-order chi connectivity index (χ1) is 23.2. The van der Waals surface area contributed by atoms with Crippen molar-refractivity contribution >= 4 is 35.0 Å². The van der Waals surface area contributed by atoms with E-state index in [1.807, 2.05) is 25.3 Å². The number of amidine groups is 1. The Morgan fingerprint density at radius 1 is 0.979 bits per heavy atom. The zero-order valence-corrected chi connectivity index (χ0v) is 31.2. The highest BCUT2D eigenvalue weighted by Crippen LogP contribution is 2.33. The molecule has 0 spiro atoms. The Morgan fingerprint density at radius 3 is 2.46 bits per heavy atom. The number of aryl methyl sites for hydroxylation is 3. The van der Waals surface area contributed by atoms with Crippen molar-refractivity contribution in [2.45, 2.75) is 79.2 Å². The van der Waals surface area contributed by atoms with Gasteiger partial charge in [0.1, 0.15) is 5.84 Å². The molecule has 1 aliphatic rings. The molecule has 1 saturated heterocycles. The van der Waals surface area contributed by atoms with E-state index in [0.29, 0.717) is 11.6 Å². The van der Waals surface area contributed by atoms with Gasteiger partial charge < -0.3 is 20.4 Å². The minimum Gasteiger partial charge on any atom is -0.343 e. The fourth-order valence-corrected chi connectivity index (χ4v) is 6.65. The van der Waals surface area contributed by atoms with Crippen molar-refractivity contribution in [1.82, 2.24) is 15.1 Å². The number of para-hydroxylation sites is 1. The Hall–Kier alpha value is -3.03. The maximum absolute atomic E-state index is 6.65. The van der Waals surface area contributed by atoms with E-state index in [9.17, 15) is 0 Å². The molecule has 6 nitrogen and oxygen atoms in total. The van der Waals surface area contributed by atoms with Crippen LogP contribution in [-0.4, -0.2) is 75.2 Å². The summed E-state index contributed by atoms with van der Waals surface area (Å²) in [6.07, 6.45) is 10.5. The minimum absolute atomic E-state index is 0.0904. The Balaban J connectivity index is 1.59. The molecule has 0 aromatic heterocycles. The Labute approximate surface area is 296 Å². The highest BCUT2D eigenvalue weighted by atomic mass is 35.5. The molecule has 7 heteroatoms. The summed E-state index contributed by atoms with van der Waals surface area (Å²) >= 11 is 6.65. The van der Waals surface area contributed by atoms with E-state index >= 15 is 0 Å². The second-order valence-corrected chi connectivity index (χ2v) is 14.2. The van der Waals surface area contributed by atoms with Gasteiger partial charge >= 0.3 is 0 Å². The first-order valence-corrected chi connectivity index (χ1v) is 18.5. The molecular weight excluding hydrogens is 612 g/mol. The van der Waals surface area contributed by atoms with E-state index in [1.54, 1.807) is 0 Å². The molecule has 260 valence electrons. The third-order valence-electron chi connectivity index (χ3n) is 9.33. The summed E-state index contributed by atoms with van der Waals surface area (Å²) in [5.41, 5.74) is 9.46. The van der Waals surface area contributed by atoms with Crippen LogP contribution in [0.5, 0.6) is 0 Å². The Morgan fingerprint density at radius 2 is 1.75 bits per heavy atom. The van der Waals surface area contributed by atoms with Gasteiger partial charge in [-0.3, -0.25) is 4.99 Å². The number of nitrogens with one attached hydrogen (secondary N) is 2. The van der Waals surface area contributed by atoms with Crippen molar-refractivity contribution in [3.63, 3.8) is 0 Å². The van der Waals surface area contributed by atoms with Gasteiger partial charge in [-0.25, -0.2) is 4.99 Å². The van der Waals surface area contributed by atoms with Gasteiger partial charge in [0.2, 0.25) is 0 Å². The molecule has 48 heavy (non-hydrogen) atoms. The van der Waals surface area contributed by atoms with Gasteiger partial charge in [0.15, 0.2) is 0 Å². The molecule has 0 aliphatic carbocycles. The van der Waals surface area contributed by atoms with Crippen LogP contribution in [0.1, 0.15) is 74.6 Å². The number of unbranched alkanes of at least 4 members (excludes halogenated alkanes) is 1. The summed E-state index contributed by atoms with van der Waals surface area (Å²) in [6, 6.07) is 19.9. The minimum atomic E-state index is 0.0904. The van der Waals surface area contributed by atoms with Crippen molar-refractivity contribution < 1.29 is 0 Å². The quantitative estimate of drug-likeness (QED) is 0.0854. The van der Waals surface area contributed by atoms with Crippen LogP contribution in [0.25, 0.3) is 11.1 Å². The van der Waals surface area contributed by atoms with Crippen LogP contribution in [0.15, 0.2) is 64.6 Å². The lowest BCUT2D eigenvalue weighted by Gasteiger charge is -2.26. The summed E-state index contributed by atoms with van der Waals surface area (Å²) in [7, 11) is 4.28. The zero-order valence-electron chi connectivity index (χ0n) is 30.4. The van der Waals surface area contributed by atoms with Crippen LogP contribution in [0.3, 0.4) is 0 Å². The first-order valence-electron chi connectivity index (χ1n) is 18.1. The lowest BCUT2D eigenvalue weighted by Crippen LogP contribution is -2.30. The van der Waals surface area contributed by atoms with Gasteiger partial charge in [-0.15, -0.1) is 0 Å². The molecule has 3 aromatic rings. The van der Waals surface area contributed by atoms with Gasteiger partial charge in [0, 0.05) is 24.7 Å². The van der Waals surface area contributed by atoms with Crippen LogP contribution in [0, 0.1) is 19.8 Å². The average Bonchev–Trinajstić information content (AvgIpc) is 3.08. The summed E-state index contributed by atoms with van der Waals surface area (Å²) < 4.78 is 0. The van der Waals surface area contributed by atoms with Crippen molar-refractivity contribution in [3.05, 3.63) is 81.9 Å². The lowest BCUT2D eigenvalue weighted by atomic mass is 9.93. The van der Waals surface area contributed by atoms with Crippen LogP contribution in [0.4, 0.5) is 11.4 Å². The molecule has 1 heterocycles. The number of anilines is 1. The topological polar surface area (TPSA) is 55.3 Å². The van der Waals surface area contributed by atoms with Gasteiger partial charge in [-0.05, 0) is 164 Å². The number of hydrogen-bond acceptors (Lipinski definition) is 5. The van der Waals surface area contributed by atoms with E-state index in [-0.39, 0.29) is 5.92 Å². The number of rotatable bonds is 17. The molecule has 0 bridgehead atoms. The smallest absolute Gasteiger partial charge is 0.111 e. The summed E-state index contributed by atoms with van der Waals surface area (Å²) in [4.78, 5) is 14.6. The number of nitrogens with zero attached hydrogens (tertiary/aromatic N) is 4. The van der Waals surface area contributed by atoms with Crippen LogP contribution >= 0.6 is 11.6 Å². The number of halogens is 1. The zero-order chi connectivity index (χ0) is 34.3. The molecule has 1 unspecified atom stereocenters. The molecule has 1 aliphatic heterocycles. The lowest BCUT2D eigenvalue weighted by molar-refractivity contribution is 0.226. The molecule has 0 amide bonds. The van der Waals surface area contributed by atoms with E-state index in [2.05, 4.69) is 103 Å². The maximum Gasteiger partial charge on any atom is 0.111 e. The molecule has 4 rings (SSSR count). The summed E-state index contributed by atoms with van der Waals surface area (Å²) in [6.45, 7) is 15.8. The predicted molar refractivity (Wildman–Crippen MR) is 210 cm³/mol. The largest absolute Gasteiger partial charge is 0.343 e. The van der Waals surface area contributed by atoms with Crippen molar-refractivity contribution in [2.75, 3.05) is 58.7 Å². The molecule has 3 aromatic carbocycles. The molecule has 0 saturated carbocycles. The molecule has 2 N–H and O–H groups in total. The van der Waals surface area contributed by atoms with Crippen molar-refractivity contribution in [2.24, 2.45) is 15.9 Å². The van der Waals surface area contributed by atoms with Crippen LogP contribution in [-0.2, 0) is 13.0 Å². The second-order valence-electron chi connectivity index (χ2n) is 13.8. The van der Waals surface area contributed by atoms with Gasteiger partial charge in [-0.1, -0.05) is 61.3 Å². The molecule has 1 atom stereocenters. The Bertz CT molecular complexity index is 1450. The number of benzene rings is 3. The first kappa shape index (κ1) is 37.8. The number of likely N-dealkylation sites (tertiary alicyclic amines) is 1. The van der Waals surface area contributed by atoms with Crippen molar-refractivity contribution in [1.29, 1.82) is 0 Å².